The molecule has 0 unspecified atom stereocenters. The fraction of sp³-hybridized carbons (Fsp3) is 0.294. The van der Waals surface area contributed by atoms with E-state index in [9.17, 15) is 4.39 Å². The van der Waals surface area contributed by atoms with Crippen molar-refractivity contribution in [1.82, 2.24) is 0 Å². The standard InChI is InChI=1S/C17H18ClFO/c1-17(2,3)12-7-9-13(10-8-12)20-16-6-4-5-15(19)14(16)11-18/h4-10H,11H2,1-3H3. The maximum Gasteiger partial charge on any atom is 0.134 e. The lowest BCUT2D eigenvalue weighted by Crippen LogP contribution is -2.10. The first-order valence-electron chi connectivity index (χ1n) is 6.53. The Morgan fingerprint density at radius 3 is 2.25 bits per heavy atom. The minimum atomic E-state index is -0.344. The highest BCUT2D eigenvalue weighted by Gasteiger charge is 2.14. The Balaban J connectivity index is 2.25. The highest BCUT2D eigenvalue weighted by molar-refractivity contribution is 6.17. The Hall–Kier alpha value is -1.54. The molecule has 0 fully saturated rings. The minimum Gasteiger partial charge on any atom is -0.457 e. The largest absolute Gasteiger partial charge is 0.457 e. The third-order valence-electron chi connectivity index (χ3n) is 3.16. The van der Waals surface area contributed by atoms with E-state index in [-0.39, 0.29) is 17.1 Å². The van der Waals surface area contributed by atoms with Crippen LogP contribution in [0.4, 0.5) is 4.39 Å². The van der Waals surface area contributed by atoms with E-state index in [1.54, 1.807) is 12.1 Å². The van der Waals surface area contributed by atoms with Crippen molar-refractivity contribution in [2.75, 3.05) is 0 Å². The molecule has 1 nitrogen and oxygen atoms in total. The molecule has 0 heterocycles. The second-order valence-electron chi connectivity index (χ2n) is 5.73. The smallest absolute Gasteiger partial charge is 0.134 e. The first kappa shape index (κ1) is 14.9. The average molecular weight is 293 g/mol. The lowest BCUT2D eigenvalue weighted by atomic mass is 9.87. The molecule has 0 spiro atoms. The van der Waals surface area contributed by atoms with E-state index in [1.807, 2.05) is 24.3 Å². The summed E-state index contributed by atoms with van der Waals surface area (Å²) in [4.78, 5) is 0. The fourth-order valence-electron chi connectivity index (χ4n) is 1.91. The van der Waals surface area contributed by atoms with Crippen LogP contribution in [0.2, 0.25) is 0 Å². The average Bonchev–Trinajstić information content (AvgIpc) is 2.38. The first-order chi connectivity index (χ1) is 9.41. The Morgan fingerprint density at radius 2 is 1.70 bits per heavy atom. The van der Waals surface area contributed by atoms with Crippen molar-refractivity contribution in [3.05, 3.63) is 59.4 Å². The molecule has 2 aromatic rings. The van der Waals surface area contributed by atoms with Gasteiger partial charge in [-0.1, -0.05) is 39.0 Å². The lowest BCUT2D eigenvalue weighted by molar-refractivity contribution is 0.469. The van der Waals surface area contributed by atoms with Crippen LogP contribution >= 0.6 is 11.6 Å². The van der Waals surface area contributed by atoms with Gasteiger partial charge in [0.1, 0.15) is 17.3 Å². The van der Waals surface area contributed by atoms with Gasteiger partial charge in [0, 0.05) is 5.56 Å². The zero-order chi connectivity index (χ0) is 14.8. The van der Waals surface area contributed by atoms with Crippen molar-refractivity contribution < 1.29 is 9.13 Å². The summed E-state index contributed by atoms with van der Waals surface area (Å²) >= 11 is 5.77. The molecule has 20 heavy (non-hydrogen) atoms. The van der Waals surface area contributed by atoms with Crippen LogP contribution in [0, 0.1) is 5.82 Å². The number of benzene rings is 2. The van der Waals surface area contributed by atoms with Crippen molar-refractivity contribution in [2.45, 2.75) is 32.1 Å². The molecular formula is C17H18ClFO. The molecule has 2 rings (SSSR count). The van der Waals surface area contributed by atoms with E-state index in [4.69, 9.17) is 16.3 Å². The molecule has 0 atom stereocenters. The van der Waals surface area contributed by atoms with Crippen LogP contribution < -0.4 is 4.74 Å². The van der Waals surface area contributed by atoms with E-state index in [0.29, 0.717) is 17.1 Å². The third kappa shape index (κ3) is 3.31. The molecule has 0 aliphatic rings. The normalized spacial score (nSPS) is 11.4. The van der Waals surface area contributed by atoms with Crippen molar-refractivity contribution in [2.24, 2.45) is 0 Å². The summed E-state index contributed by atoms with van der Waals surface area (Å²) in [6.07, 6.45) is 0. The first-order valence-corrected chi connectivity index (χ1v) is 7.07. The number of alkyl halides is 1. The van der Waals surface area contributed by atoms with Gasteiger partial charge in [-0.25, -0.2) is 4.39 Å². The molecule has 3 heteroatoms. The second kappa shape index (κ2) is 5.84. The van der Waals surface area contributed by atoms with Gasteiger partial charge in [-0.05, 0) is 35.2 Å². The monoisotopic (exact) mass is 292 g/mol. The minimum absolute atomic E-state index is 0.0854. The summed E-state index contributed by atoms with van der Waals surface area (Å²) in [7, 11) is 0. The van der Waals surface area contributed by atoms with Crippen LogP contribution in [0.15, 0.2) is 42.5 Å². The van der Waals surface area contributed by atoms with Gasteiger partial charge in [-0.2, -0.15) is 0 Å². The number of halogens is 2. The van der Waals surface area contributed by atoms with Crippen LogP contribution in [0.1, 0.15) is 31.9 Å². The Labute approximate surface area is 124 Å². The molecule has 0 radical (unpaired) electrons. The van der Waals surface area contributed by atoms with Crippen LogP contribution in [-0.4, -0.2) is 0 Å². The predicted octanol–water partition coefficient (Wildman–Crippen LogP) is 5.65. The van der Waals surface area contributed by atoms with Crippen molar-refractivity contribution >= 4 is 11.6 Å². The zero-order valence-corrected chi connectivity index (χ0v) is 12.7. The van der Waals surface area contributed by atoms with Gasteiger partial charge in [-0.3, -0.25) is 0 Å². The maximum atomic E-state index is 13.6. The Morgan fingerprint density at radius 1 is 1.05 bits per heavy atom. The number of hydrogen-bond donors (Lipinski definition) is 0. The van der Waals surface area contributed by atoms with E-state index >= 15 is 0 Å². The van der Waals surface area contributed by atoms with Crippen molar-refractivity contribution in [1.29, 1.82) is 0 Å². The van der Waals surface area contributed by atoms with Gasteiger partial charge in [0.05, 0.1) is 5.88 Å². The molecule has 106 valence electrons. The number of ether oxygens (including phenoxy) is 1. The highest BCUT2D eigenvalue weighted by Crippen LogP contribution is 2.30. The molecule has 0 aliphatic heterocycles. The third-order valence-corrected chi connectivity index (χ3v) is 3.42. The summed E-state index contributed by atoms with van der Waals surface area (Å²) in [5.74, 6) is 0.879. The van der Waals surface area contributed by atoms with Gasteiger partial charge in [0.15, 0.2) is 0 Å². The SMILES string of the molecule is CC(C)(C)c1ccc(Oc2cccc(F)c2CCl)cc1. The van der Waals surface area contributed by atoms with Gasteiger partial charge in [-0.15, -0.1) is 11.6 Å². The van der Waals surface area contributed by atoms with Gasteiger partial charge in [0.2, 0.25) is 0 Å². The van der Waals surface area contributed by atoms with Crippen LogP contribution in [-0.2, 0) is 11.3 Å². The summed E-state index contributed by atoms with van der Waals surface area (Å²) in [5.41, 5.74) is 1.70. The number of hydrogen-bond acceptors (Lipinski definition) is 1. The summed E-state index contributed by atoms with van der Waals surface area (Å²) in [6.45, 7) is 6.46. The Bertz CT molecular complexity index is 585. The molecule has 0 amide bonds. The molecular weight excluding hydrogens is 275 g/mol. The summed E-state index contributed by atoms with van der Waals surface area (Å²) in [6, 6.07) is 12.5. The molecule has 0 aliphatic carbocycles. The summed E-state index contributed by atoms with van der Waals surface area (Å²) in [5, 5.41) is 0. The van der Waals surface area contributed by atoms with Crippen molar-refractivity contribution in [3.63, 3.8) is 0 Å². The molecule has 0 aromatic heterocycles. The van der Waals surface area contributed by atoms with E-state index in [2.05, 4.69) is 20.8 Å². The quantitative estimate of drug-likeness (QED) is 0.664. The topological polar surface area (TPSA) is 9.23 Å². The molecule has 0 saturated heterocycles. The van der Waals surface area contributed by atoms with E-state index in [1.165, 1.54) is 11.6 Å². The maximum absolute atomic E-state index is 13.6. The van der Waals surface area contributed by atoms with Gasteiger partial charge < -0.3 is 4.74 Å². The van der Waals surface area contributed by atoms with Crippen LogP contribution in [0.3, 0.4) is 0 Å². The van der Waals surface area contributed by atoms with Crippen LogP contribution in [0.5, 0.6) is 11.5 Å². The van der Waals surface area contributed by atoms with Crippen LogP contribution in [0.25, 0.3) is 0 Å². The van der Waals surface area contributed by atoms with E-state index < -0.39 is 0 Å². The van der Waals surface area contributed by atoms with E-state index in [0.717, 1.165) is 0 Å². The lowest BCUT2D eigenvalue weighted by Gasteiger charge is -2.19. The highest BCUT2D eigenvalue weighted by atomic mass is 35.5. The molecule has 0 bridgehead atoms. The predicted molar refractivity (Wildman–Crippen MR) is 81.2 cm³/mol. The number of rotatable bonds is 3. The van der Waals surface area contributed by atoms with Gasteiger partial charge in [0.25, 0.3) is 0 Å². The molecule has 2 aromatic carbocycles. The fourth-order valence-corrected chi connectivity index (χ4v) is 2.17. The van der Waals surface area contributed by atoms with Crippen molar-refractivity contribution in [3.8, 4) is 11.5 Å². The Kier molecular flexibility index (Phi) is 4.34. The van der Waals surface area contributed by atoms with Gasteiger partial charge >= 0.3 is 0 Å². The molecule has 0 saturated carbocycles. The zero-order valence-electron chi connectivity index (χ0n) is 11.9. The second-order valence-corrected chi connectivity index (χ2v) is 5.99. The summed E-state index contributed by atoms with van der Waals surface area (Å²) < 4.78 is 19.3. The molecule has 0 N–H and O–H groups in total.